The number of nitrogens with zero attached hydrogens (tertiary/aromatic N) is 1. The highest BCUT2D eigenvalue weighted by atomic mass is 32.2. The number of nitriles is 1. The topological polar surface area (TPSA) is 108 Å². The largest absolute Gasteiger partial charge is 0.323 e. The van der Waals surface area contributed by atoms with Crippen LogP contribution in [0.1, 0.15) is 5.56 Å². The summed E-state index contributed by atoms with van der Waals surface area (Å²) in [5.74, 6) is 4.46. The highest BCUT2D eigenvalue weighted by Crippen LogP contribution is 2.25. The van der Waals surface area contributed by atoms with Gasteiger partial charge in [-0.05, 0) is 24.3 Å². The van der Waals surface area contributed by atoms with Crippen molar-refractivity contribution in [1.29, 1.82) is 5.26 Å². The average Bonchev–Trinajstić information content (AvgIpc) is 2.47. The lowest BCUT2D eigenvalue weighted by molar-refractivity contribution is 0.601. The number of sulfonamides is 1. The Kier molecular flexibility index (Phi) is 4.07. The molecule has 0 bridgehead atoms. The van der Waals surface area contributed by atoms with Gasteiger partial charge in [0.2, 0.25) is 0 Å². The lowest BCUT2D eigenvalue weighted by atomic mass is 10.2. The molecule has 8 heteroatoms. The van der Waals surface area contributed by atoms with E-state index >= 15 is 0 Å². The molecular weight excluding hydrogens is 295 g/mol. The first-order valence-electron chi connectivity index (χ1n) is 5.76. The van der Waals surface area contributed by atoms with E-state index in [1.807, 2.05) is 0 Å². The van der Waals surface area contributed by atoms with Crippen LogP contribution in [0.2, 0.25) is 0 Å². The normalized spacial score (nSPS) is 10.7. The molecule has 0 spiro atoms. The third kappa shape index (κ3) is 2.94. The van der Waals surface area contributed by atoms with Gasteiger partial charge in [-0.3, -0.25) is 10.6 Å². The zero-order valence-corrected chi connectivity index (χ0v) is 11.5. The van der Waals surface area contributed by atoms with Crippen LogP contribution in [0.4, 0.5) is 15.8 Å². The van der Waals surface area contributed by atoms with E-state index in [-0.39, 0.29) is 21.8 Å². The van der Waals surface area contributed by atoms with Crippen molar-refractivity contribution in [1.82, 2.24) is 0 Å². The summed E-state index contributed by atoms with van der Waals surface area (Å²) in [6.07, 6.45) is 0. The predicted octanol–water partition coefficient (Wildman–Crippen LogP) is 1.78. The highest BCUT2D eigenvalue weighted by Gasteiger charge is 2.20. The minimum Gasteiger partial charge on any atom is -0.323 e. The summed E-state index contributed by atoms with van der Waals surface area (Å²) >= 11 is 0. The summed E-state index contributed by atoms with van der Waals surface area (Å²) in [6.45, 7) is 0. The molecule has 0 radical (unpaired) electrons. The minimum atomic E-state index is -4.02. The molecule has 0 aromatic heterocycles. The first-order chi connectivity index (χ1) is 9.99. The lowest BCUT2D eigenvalue weighted by Crippen LogP contribution is -2.18. The highest BCUT2D eigenvalue weighted by molar-refractivity contribution is 7.92. The fourth-order valence-electron chi connectivity index (χ4n) is 1.74. The number of rotatable bonds is 4. The van der Waals surface area contributed by atoms with E-state index in [0.717, 1.165) is 6.07 Å². The van der Waals surface area contributed by atoms with Crippen molar-refractivity contribution in [2.24, 2.45) is 5.84 Å². The second kappa shape index (κ2) is 5.78. The summed E-state index contributed by atoms with van der Waals surface area (Å²) in [5.41, 5.74) is 1.94. The van der Waals surface area contributed by atoms with Crippen molar-refractivity contribution in [3.8, 4) is 6.07 Å². The van der Waals surface area contributed by atoms with Crippen molar-refractivity contribution in [2.45, 2.75) is 4.90 Å². The van der Waals surface area contributed by atoms with E-state index in [2.05, 4.69) is 10.1 Å². The van der Waals surface area contributed by atoms with E-state index in [1.54, 1.807) is 12.1 Å². The Hall–Kier alpha value is -2.63. The van der Waals surface area contributed by atoms with Crippen LogP contribution in [0.3, 0.4) is 0 Å². The summed E-state index contributed by atoms with van der Waals surface area (Å²) in [7, 11) is -4.02. The van der Waals surface area contributed by atoms with Crippen LogP contribution in [-0.4, -0.2) is 8.42 Å². The molecule has 2 rings (SSSR count). The van der Waals surface area contributed by atoms with Gasteiger partial charge in [-0.15, -0.1) is 0 Å². The SMILES string of the molecule is N#Cc1c(F)cccc1NS(=O)(=O)c1ccccc1NN. The molecule has 0 heterocycles. The van der Waals surface area contributed by atoms with Gasteiger partial charge in [0.05, 0.1) is 11.4 Å². The molecule has 0 aliphatic carbocycles. The number of hydrazine groups is 1. The predicted molar refractivity (Wildman–Crippen MR) is 76.2 cm³/mol. The Morgan fingerprint density at radius 3 is 2.43 bits per heavy atom. The maximum atomic E-state index is 13.5. The van der Waals surface area contributed by atoms with Gasteiger partial charge < -0.3 is 5.43 Å². The van der Waals surface area contributed by atoms with E-state index < -0.39 is 15.8 Å². The number of hydrogen-bond acceptors (Lipinski definition) is 5. The molecule has 0 unspecified atom stereocenters. The molecule has 2 aromatic carbocycles. The Labute approximate surface area is 121 Å². The molecule has 0 fully saturated rings. The molecular formula is C13H11FN4O2S. The van der Waals surface area contributed by atoms with Crippen LogP contribution in [0.25, 0.3) is 0 Å². The van der Waals surface area contributed by atoms with Gasteiger partial charge in [-0.1, -0.05) is 18.2 Å². The number of anilines is 2. The number of nitrogen functional groups attached to an aromatic ring is 1. The Morgan fingerprint density at radius 1 is 1.10 bits per heavy atom. The molecule has 0 saturated heterocycles. The monoisotopic (exact) mass is 306 g/mol. The van der Waals surface area contributed by atoms with E-state index in [0.29, 0.717) is 0 Å². The molecule has 0 aliphatic heterocycles. The van der Waals surface area contributed by atoms with Crippen molar-refractivity contribution in [2.75, 3.05) is 10.1 Å². The molecule has 0 amide bonds. The van der Waals surface area contributed by atoms with E-state index in [9.17, 15) is 12.8 Å². The molecule has 0 atom stereocenters. The van der Waals surface area contributed by atoms with Crippen molar-refractivity contribution < 1.29 is 12.8 Å². The van der Waals surface area contributed by atoms with Gasteiger partial charge in [0, 0.05) is 0 Å². The van der Waals surface area contributed by atoms with Crippen LogP contribution in [0, 0.1) is 17.1 Å². The van der Waals surface area contributed by atoms with Crippen molar-refractivity contribution in [3.05, 3.63) is 53.8 Å². The van der Waals surface area contributed by atoms with E-state index in [1.165, 1.54) is 30.3 Å². The zero-order valence-electron chi connectivity index (χ0n) is 10.7. The summed E-state index contributed by atoms with van der Waals surface area (Å²) in [5, 5.41) is 8.91. The fraction of sp³-hybridized carbons (Fsp3) is 0. The van der Waals surface area contributed by atoms with Gasteiger partial charge in [-0.2, -0.15) is 5.26 Å². The number of halogens is 1. The molecule has 2 aromatic rings. The molecule has 0 aliphatic rings. The van der Waals surface area contributed by atoms with Crippen LogP contribution in [0.15, 0.2) is 47.4 Å². The number of hydrogen-bond donors (Lipinski definition) is 3. The van der Waals surface area contributed by atoms with Gasteiger partial charge >= 0.3 is 0 Å². The third-order valence-corrected chi connectivity index (χ3v) is 4.13. The summed E-state index contributed by atoms with van der Waals surface area (Å²) in [4.78, 5) is -0.111. The molecule has 0 saturated carbocycles. The summed E-state index contributed by atoms with van der Waals surface area (Å²) in [6, 6.07) is 11.3. The zero-order chi connectivity index (χ0) is 15.5. The maximum Gasteiger partial charge on any atom is 0.264 e. The summed E-state index contributed by atoms with van der Waals surface area (Å²) < 4.78 is 40.3. The molecule has 21 heavy (non-hydrogen) atoms. The maximum absolute atomic E-state index is 13.5. The lowest BCUT2D eigenvalue weighted by Gasteiger charge is -2.12. The smallest absolute Gasteiger partial charge is 0.264 e. The second-order valence-electron chi connectivity index (χ2n) is 4.02. The number of nitrogens with one attached hydrogen (secondary N) is 2. The van der Waals surface area contributed by atoms with E-state index in [4.69, 9.17) is 11.1 Å². The first-order valence-corrected chi connectivity index (χ1v) is 7.25. The van der Waals surface area contributed by atoms with Crippen LogP contribution in [-0.2, 0) is 10.0 Å². The first kappa shape index (κ1) is 14.8. The van der Waals surface area contributed by atoms with Crippen LogP contribution in [0.5, 0.6) is 0 Å². The molecule has 6 nitrogen and oxygen atoms in total. The fourth-order valence-corrected chi connectivity index (χ4v) is 2.99. The average molecular weight is 306 g/mol. The van der Waals surface area contributed by atoms with Gasteiger partial charge in [0.15, 0.2) is 0 Å². The van der Waals surface area contributed by atoms with Gasteiger partial charge in [-0.25, -0.2) is 12.8 Å². The Morgan fingerprint density at radius 2 is 1.76 bits per heavy atom. The second-order valence-corrected chi connectivity index (χ2v) is 5.67. The van der Waals surface area contributed by atoms with Crippen molar-refractivity contribution >= 4 is 21.4 Å². The minimum absolute atomic E-state index is 0.111. The van der Waals surface area contributed by atoms with Gasteiger partial charge in [0.1, 0.15) is 22.3 Å². The number of benzene rings is 2. The van der Waals surface area contributed by atoms with Crippen molar-refractivity contribution in [3.63, 3.8) is 0 Å². The molecule has 4 N–H and O–H groups in total. The Bertz CT molecular complexity index is 815. The number of nitrogens with two attached hydrogens (primary N) is 1. The quantitative estimate of drug-likeness (QED) is 0.589. The molecule has 108 valence electrons. The van der Waals surface area contributed by atoms with Crippen LogP contribution < -0.4 is 16.0 Å². The Balaban J connectivity index is 2.48. The third-order valence-electron chi connectivity index (χ3n) is 2.70. The standard InChI is InChI=1S/C13H11FN4O2S/c14-10-4-3-6-11(9(10)8-15)18-21(19,20)13-7-2-1-5-12(13)17-16/h1-7,17-18H,16H2. The number of para-hydroxylation sites is 1. The van der Waals surface area contributed by atoms with Gasteiger partial charge in [0.25, 0.3) is 10.0 Å². The van der Waals surface area contributed by atoms with Crippen LogP contribution >= 0.6 is 0 Å².